The van der Waals surface area contributed by atoms with Gasteiger partial charge in [0.1, 0.15) is 17.6 Å². The largest absolute Gasteiger partial charge is 0.496 e. The molecule has 0 radical (unpaired) electrons. The minimum Gasteiger partial charge on any atom is -0.496 e. The van der Waals surface area contributed by atoms with Gasteiger partial charge in [-0.05, 0) is 31.2 Å². The number of ether oxygens (including phenoxy) is 2. The summed E-state index contributed by atoms with van der Waals surface area (Å²) in [6.07, 6.45) is -0.375. The lowest BCUT2D eigenvalue weighted by Crippen LogP contribution is -2.29. The van der Waals surface area contributed by atoms with Crippen molar-refractivity contribution in [3.63, 3.8) is 0 Å². The highest BCUT2D eigenvalue weighted by molar-refractivity contribution is 6.35. The van der Waals surface area contributed by atoms with Crippen molar-refractivity contribution in [2.75, 3.05) is 7.11 Å². The molecule has 0 heterocycles. The zero-order chi connectivity index (χ0) is 15.4. The molecule has 112 valence electrons. The van der Waals surface area contributed by atoms with Crippen LogP contribution in [0.25, 0.3) is 0 Å². The molecular formula is C16H17Cl2NO2. The van der Waals surface area contributed by atoms with Gasteiger partial charge in [-0.2, -0.15) is 0 Å². The number of halogens is 2. The van der Waals surface area contributed by atoms with Gasteiger partial charge in [-0.1, -0.05) is 41.4 Å². The van der Waals surface area contributed by atoms with E-state index in [0.29, 0.717) is 15.8 Å². The van der Waals surface area contributed by atoms with Gasteiger partial charge in [-0.25, -0.2) is 0 Å². The Morgan fingerprint density at radius 1 is 1.05 bits per heavy atom. The Bertz CT molecular complexity index is 617. The third-order valence-electron chi connectivity index (χ3n) is 3.07. The summed E-state index contributed by atoms with van der Waals surface area (Å²) in [7, 11) is 1.62. The van der Waals surface area contributed by atoms with Crippen molar-refractivity contribution in [2.24, 2.45) is 5.73 Å². The van der Waals surface area contributed by atoms with Crippen LogP contribution in [0, 0.1) is 0 Å². The summed E-state index contributed by atoms with van der Waals surface area (Å²) in [6, 6.07) is 12.5. The number of para-hydroxylation sites is 1. The summed E-state index contributed by atoms with van der Waals surface area (Å²) in [5.41, 5.74) is 6.95. The Hall–Kier alpha value is -1.42. The lowest BCUT2D eigenvalue weighted by atomic mass is 10.0. The maximum Gasteiger partial charge on any atom is 0.142 e. The van der Waals surface area contributed by atoms with Crippen LogP contribution in [0.3, 0.4) is 0 Å². The van der Waals surface area contributed by atoms with Crippen molar-refractivity contribution < 1.29 is 9.47 Å². The Kier molecular flexibility index (Phi) is 5.34. The zero-order valence-electron chi connectivity index (χ0n) is 11.8. The minimum absolute atomic E-state index is 0.243. The number of nitrogens with two attached hydrogens (primary N) is 1. The van der Waals surface area contributed by atoms with Crippen LogP contribution < -0.4 is 15.2 Å². The smallest absolute Gasteiger partial charge is 0.142 e. The second-order valence-electron chi connectivity index (χ2n) is 4.71. The summed E-state index contributed by atoms with van der Waals surface area (Å²) in [4.78, 5) is 0. The minimum atomic E-state index is -0.375. The molecule has 2 unspecified atom stereocenters. The summed E-state index contributed by atoms with van der Waals surface area (Å²) < 4.78 is 11.4. The van der Waals surface area contributed by atoms with Gasteiger partial charge in [-0.15, -0.1) is 0 Å². The quantitative estimate of drug-likeness (QED) is 0.882. The van der Waals surface area contributed by atoms with Crippen LogP contribution in [0.5, 0.6) is 11.5 Å². The Morgan fingerprint density at radius 3 is 2.38 bits per heavy atom. The monoisotopic (exact) mass is 325 g/mol. The summed E-state index contributed by atoms with van der Waals surface area (Å²) >= 11 is 12.1. The standard InChI is InChI=1S/C16H17Cl2NO2/c1-10(19)16(12-5-3-4-6-14(12)20-2)21-15-8-7-11(17)9-13(15)18/h3-10,16H,19H2,1-2H3. The number of methoxy groups -OCH3 is 1. The van der Waals surface area contributed by atoms with Crippen molar-refractivity contribution in [3.05, 3.63) is 58.1 Å². The van der Waals surface area contributed by atoms with E-state index in [1.165, 1.54) is 0 Å². The first-order valence-electron chi connectivity index (χ1n) is 6.53. The normalized spacial score (nSPS) is 13.6. The molecule has 2 atom stereocenters. The molecule has 0 aliphatic carbocycles. The highest BCUT2D eigenvalue weighted by Crippen LogP contribution is 2.35. The molecule has 2 N–H and O–H groups in total. The second-order valence-corrected chi connectivity index (χ2v) is 5.56. The second kappa shape index (κ2) is 7.03. The van der Waals surface area contributed by atoms with Crippen molar-refractivity contribution in [2.45, 2.75) is 19.1 Å². The van der Waals surface area contributed by atoms with E-state index >= 15 is 0 Å². The molecule has 0 bridgehead atoms. The maximum absolute atomic E-state index is 6.16. The number of hydrogen-bond donors (Lipinski definition) is 1. The molecule has 0 amide bonds. The molecule has 2 aromatic rings. The molecule has 5 heteroatoms. The van der Waals surface area contributed by atoms with Crippen LogP contribution in [0.1, 0.15) is 18.6 Å². The molecule has 0 fully saturated rings. The predicted molar refractivity (Wildman–Crippen MR) is 86.5 cm³/mol. The van der Waals surface area contributed by atoms with E-state index in [9.17, 15) is 0 Å². The van der Waals surface area contributed by atoms with Gasteiger partial charge in [0.15, 0.2) is 0 Å². The molecule has 3 nitrogen and oxygen atoms in total. The van der Waals surface area contributed by atoms with Crippen LogP contribution in [-0.4, -0.2) is 13.2 Å². The van der Waals surface area contributed by atoms with Crippen molar-refractivity contribution in [3.8, 4) is 11.5 Å². The van der Waals surface area contributed by atoms with E-state index in [-0.39, 0.29) is 12.1 Å². The van der Waals surface area contributed by atoms with Crippen molar-refractivity contribution in [1.82, 2.24) is 0 Å². The fourth-order valence-electron chi connectivity index (χ4n) is 2.06. The Balaban J connectivity index is 2.36. The first-order chi connectivity index (χ1) is 10.0. The fraction of sp³-hybridized carbons (Fsp3) is 0.250. The van der Waals surface area contributed by atoms with Gasteiger partial charge < -0.3 is 15.2 Å². The lowest BCUT2D eigenvalue weighted by molar-refractivity contribution is 0.176. The van der Waals surface area contributed by atoms with Gasteiger partial charge in [-0.3, -0.25) is 0 Å². The van der Waals surface area contributed by atoms with E-state index in [1.54, 1.807) is 25.3 Å². The lowest BCUT2D eigenvalue weighted by Gasteiger charge is -2.25. The molecule has 0 aliphatic heterocycles. The van der Waals surface area contributed by atoms with Crippen LogP contribution in [0.4, 0.5) is 0 Å². The molecule has 0 aromatic heterocycles. The molecule has 0 saturated heterocycles. The van der Waals surface area contributed by atoms with E-state index in [4.69, 9.17) is 38.4 Å². The highest BCUT2D eigenvalue weighted by Gasteiger charge is 2.22. The van der Waals surface area contributed by atoms with Gasteiger partial charge in [0, 0.05) is 16.6 Å². The molecule has 2 aromatic carbocycles. The fourth-order valence-corrected chi connectivity index (χ4v) is 2.52. The number of rotatable bonds is 5. The first kappa shape index (κ1) is 16.0. The zero-order valence-corrected chi connectivity index (χ0v) is 13.4. The molecule has 2 rings (SSSR count). The van der Waals surface area contributed by atoms with Crippen LogP contribution in [-0.2, 0) is 0 Å². The Labute approximate surface area is 134 Å². The van der Waals surface area contributed by atoms with E-state index < -0.39 is 0 Å². The average Bonchev–Trinajstić information content (AvgIpc) is 2.46. The van der Waals surface area contributed by atoms with E-state index in [0.717, 1.165) is 11.3 Å². The van der Waals surface area contributed by atoms with Crippen LogP contribution in [0.15, 0.2) is 42.5 Å². The summed E-state index contributed by atoms with van der Waals surface area (Å²) in [5, 5.41) is 1.00. The Morgan fingerprint density at radius 2 is 1.76 bits per heavy atom. The topological polar surface area (TPSA) is 44.5 Å². The molecule has 0 spiro atoms. The van der Waals surface area contributed by atoms with Crippen molar-refractivity contribution >= 4 is 23.2 Å². The maximum atomic E-state index is 6.16. The van der Waals surface area contributed by atoms with Crippen LogP contribution in [0.2, 0.25) is 10.0 Å². The van der Waals surface area contributed by atoms with Crippen molar-refractivity contribution in [1.29, 1.82) is 0 Å². The molecular weight excluding hydrogens is 309 g/mol. The molecule has 0 saturated carbocycles. The van der Waals surface area contributed by atoms with Crippen LogP contribution >= 0.6 is 23.2 Å². The molecule has 21 heavy (non-hydrogen) atoms. The SMILES string of the molecule is COc1ccccc1C(Oc1ccc(Cl)cc1Cl)C(C)N. The third-order valence-corrected chi connectivity index (χ3v) is 3.60. The van der Waals surface area contributed by atoms with Gasteiger partial charge >= 0.3 is 0 Å². The highest BCUT2D eigenvalue weighted by atomic mass is 35.5. The predicted octanol–water partition coefficient (Wildman–Crippen LogP) is 4.47. The van der Waals surface area contributed by atoms with E-state index in [2.05, 4.69) is 0 Å². The summed E-state index contributed by atoms with van der Waals surface area (Å²) in [5.74, 6) is 1.26. The first-order valence-corrected chi connectivity index (χ1v) is 7.28. The van der Waals surface area contributed by atoms with Gasteiger partial charge in [0.05, 0.1) is 12.1 Å². The van der Waals surface area contributed by atoms with Gasteiger partial charge in [0.2, 0.25) is 0 Å². The number of benzene rings is 2. The third kappa shape index (κ3) is 3.82. The summed E-state index contributed by atoms with van der Waals surface area (Å²) in [6.45, 7) is 1.88. The van der Waals surface area contributed by atoms with E-state index in [1.807, 2.05) is 31.2 Å². The number of hydrogen-bond acceptors (Lipinski definition) is 3. The average molecular weight is 326 g/mol. The molecule has 0 aliphatic rings. The van der Waals surface area contributed by atoms with Gasteiger partial charge in [0.25, 0.3) is 0 Å².